The van der Waals surface area contributed by atoms with Crippen molar-refractivity contribution in [1.29, 1.82) is 0 Å². The van der Waals surface area contributed by atoms with Crippen LogP contribution in [0, 0.1) is 0 Å². The van der Waals surface area contributed by atoms with Crippen molar-refractivity contribution in [2.45, 2.75) is 0 Å². The van der Waals surface area contributed by atoms with Crippen LogP contribution in [-0.4, -0.2) is 27.4 Å². The average molecular weight is 419 g/mol. The van der Waals surface area contributed by atoms with Gasteiger partial charge in [0.25, 0.3) is 0 Å². The summed E-state index contributed by atoms with van der Waals surface area (Å²) in [6, 6.07) is 34.9. The number of rotatable bonds is 3. The molecular weight excluding hydrogens is 392 g/mol. The van der Waals surface area contributed by atoms with Crippen LogP contribution in [0.25, 0.3) is 11.1 Å². The molecule has 0 fully saturated rings. The Balaban J connectivity index is 1.51. The molecule has 0 unspecified atom stereocenters. The lowest BCUT2D eigenvalue weighted by Gasteiger charge is -2.25. The molecule has 6 rings (SSSR count). The van der Waals surface area contributed by atoms with Gasteiger partial charge in [-0.15, -0.1) is 0 Å². The summed E-state index contributed by atoms with van der Waals surface area (Å²) in [5.74, 6) is 0. The molecule has 0 aliphatic carbocycles. The van der Waals surface area contributed by atoms with Crippen LogP contribution in [0.4, 0.5) is 34.1 Å². The van der Waals surface area contributed by atoms with Gasteiger partial charge in [0.2, 0.25) is 0 Å². The summed E-state index contributed by atoms with van der Waals surface area (Å²) in [4.78, 5) is 9.44. The smallest absolute Gasteiger partial charge is 0.0950 e. The maximum atomic E-state index is 2.41. The Kier molecular flexibility index (Phi) is 4.32. The Morgan fingerprint density at radius 2 is 0.906 bits per heavy atom. The Labute approximate surface area is 189 Å². The molecule has 4 aromatic rings. The zero-order chi connectivity index (χ0) is 21.7. The quantitative estimate of drug-likeness (QED) is 0.379. The van der Waals surface area contributed by atoms with Crippen LogP contribution in [0.15, 0.2) is 97.1 Å². The van der Waals surface area contributed by atoms with E-state index in [1.807, 2.05) is 0 Å². The van der Waals surface area contributed by atoms with Gasteiger partial charge in [0.1, 0.15) is 0 Å². The Bertz CT molecular complexity index is 1210. The first-order chi connectivity index (χ1) is 15.7. The van der Waals surface area contributed by atoms with Crippen LogP contribution < -0.4 is 19.6 Å². The zero-order valence-electron chi connectivity index (χ0n) is 18.4. The highest BCUT2D eigenvalue weighted by molar-refractivity contribution is 5.88. The van der Waals surface area contributed by atoms with Crippen molar-refractivity contribution in [2.75, 3.05) is 47.0 Å². The summed E-state index contributed by atoms with van der Waals surface area (Å²) in [7, 11) is 4.32. The standard InChI is InChI=1S/C28H26N4/c1-29-19-31(27-14-8-6-12-25(27)29)23-16-22(21-10-4-3-5-11-21)17-24(18-23)32-20-30(2)26-13-7-9-15-28(26)32/h3-18H,19-20H2,1-2H3. The summed E-state index contributed by atoms with van der Waals surface area (Å²) < 4.78 is 0. The molecule has 4 nitrogen and oxygen atoms in total. The van der Waals surface area contributed by atoms with E-state index in [-0.39, 0.29) is 0 Å². The molecule has 0 amide bonds. The predicted octanol–water partition coefficient (Wildman–Crippen LogP) is 6.44. The van der Waals surface area contributed by atoms with Crippen molar-refractivity contribution in [3.8, 4) is 11.1 Å². The number of hydrogen-bond donors (Lipinski definition) is 0. The van der Waals surface area contributed by atoms with Gasteiger partial charge < -0.3 is 19.6 Å². The third-order valence-electron chi connectivity index (χ3n) is 6.51. The zero-order valence-corrected chi connectivity index (χ0v) is 18.4. The van der Waals surface area contributed by atoms with E-state index in [9.17, 15) is 0 Å². The highest BCUT2D eigenvalue weighted by Crippen LogP contribution is 2.45. The van der Waals surface area contributed by atoms with Crippen molar-refractivity contribution in [1.82, 2.24) is 0 Å². The number of benzene rings is 4. The molecule has 0 saturated carbocycles. The Morgan fingerprint density at radius 3 is 1.41 bits per heavy atom. The molecule has 4 aromatic carbocycles. The van der Waals surface area contributed by atoms with Gasteiger partial charge in [0.15, 0.2) is 0 Å². The minimum Gasteiger partial charge on any atom is -0.355 e. The normalized spacial score (nSPS) is 14.7. The first-order valence-electron chi connectivity index (χ1n) is 11.0. The minimum atomic E-state index is 0.841. The lowest BCUT2D eigenvalue weighted by molar-refractivity contribution is 0.940. The van der Waals surface area contributed by atoms with Crippen molar-refractivity contribution in [2.24, 2.45) is 0 Å². The molecule has 0 aromatic heterocycles. The topological polar surface area (TPSA) is 13.0 Å². The highest BCUT2D eigenvalue weighted by atomic mass is 15.4. The van der Waals surface area contributed by atoms with Crippen molar-refractivity contribution in [3.63, 3.8) is 0 Å². The lowest BCUT2D eigenvalue weighted by Crippen LogP contribution is -2.25. The maximum Gasteiger partial charge on any atom is 0.0950 e. The molecule has 0 saturated heterocycles. The summed E-state index contributed by atoms with van der Waals surface area (Å²) >= 11 is 0. The molecular formula is C28H26N4. The predicted molar refractivity (Wildman–Crippen MR) is 136 cm³/mol. The average Bonchev–Trinajstić information content (AvgIpc) is 3.37. The molecule has 2 heterocycles. The van der Waals surface area contributed by atoms with Gasteiger partial charge in [0.05, 0.1) is 36.1 Å². The van der Waals surface area contributed by atoms with E-state index in [2.05, 4.69) is 131 Å². The third-order valence-corrected chi connectivity index (χ3v) is 6.51. The van der Waals surface area contributed by atoms with Crippen LogP contribution in [0.3, 0.4) is 0 Å². The highest BCUT2D eigenvalue weighted by Gasteiger charge is 2.28. The summed E-state index contributed by atoms with van der Waals surface area (Å²) in [6.07, 6.45) is 0. The van der Waals surface area contributed by atoms with E-state index in [4.69, 9.17) is 0 Å². The third kappa shape index (κ3) is 2.99. The van der Waals surface area contributed by atoms with E-state index in [1.54, 1.807) is 0 Å². The maximum absolute atomic E-state index is 2.41. The fraction of sp³-hybridized carbons (Fsp3) is 0.143. The molecule has 4 heteroatoms. The van der Waals surface area contributed by atoms with Gasteiger partial charge in [-0.3, -0.25) is 0 Å². The molecule has 158 valence electrons. The molecule has 32 heavy (non-hydrogen) atoms. The minimum absolute atomic E-state index is 0.841. The molecule has 0 atom stereocenters. The van der Waals surface area contributed by atoms with Crippen LogP contribution in [0.2, 0.25) is 0 Å². The van der Waals surface area contributed by atoms with Crippen LogP contribution in [0.1, 0.15) is 0 Å². The lowest BCUT2D eigenvalue weighted by atomic mass is 10.0. The summed E-state index contributed by atoms with van der Waals surface area (Å²) in [5.41, 5.74) is 9.94. The SMILES string of the molecule is CN1CN(c2cc(-c3ccccc3)cc(N3CN(C)c4ccccc43)c2)c2ccccc21. The van der Waals surface area contributed by atoms with Crippen molar-refractivity contribution < 1.29 is 0 Å². The van der Waals surface area contributed by atoms with E-state index in [0.29, 0.717) is 0 Å². The van der Waals surface area contributed by atoms with Gasteiger partial charge in [-0.05, 0) is 53.6 Å². The fourth-order valence-electron chi connectivity index (χ4n) is 4.90. The molecule has 2 aliphatic rings. The largest absolute Gasteiger partial charge is 0.355 e. The van der Waals surface area contributed by atoms with E-state index < -0.39 is 0 Å². The first kappa shape index (κ1) is 18.8. The summed E-state index contributed by atoms with van der Waals surface area (Å²) in [5, 5.41) is 0. The van der Waals surface area contributed by atoms with Crippen LogP contribution in [-0.2, 0) is 0 Å². The van der Waals surface area contributed by atoms with Crippen molar-refractivity contribution >= 4 is 34.1 Å². The second kappa shape index (κ2) is 7.34. The molecule has 0 N–H and O–H groups in total. The van der Waals surface area contributed by atoms with Gasteiger partial charge in [-0.1, -0.05) is 54.6 Å². The van der Waals surface area contributed by atoms with Crippen LogP contribution in [0.5, 0.6) is 0 Å². The first-order valence-corrected chi connectivity index (χ1v) is 11.0. The number of fused-ring (bicyclic) bond motifs is 2. The van der Waals surface area contributed by atoms with E-state index in [0.717, 1.165) is 13.3 Å². The Hall–Kier alpha value is -3.92. The number of anilines is 6. The number of hydrogen-bond acceptors (Lipinski definition) is 4. The number of para-hydroxylation sites is 4. The van der Waals surface area contributed by atoms with Gasteiger partial charge >= 0.3 is 0 Å². The van der Waals surface area contributed by atoms with Crippen LogP contribution >= 0.6 is 0 Å². The van der Waals surface area contributed by atoms with Crippen molar-refractivity contribution in [3.05, 3.63) is 97.1 Å². The molecule has 2 aliphatic heterocycles. The molecule has 0 spiro atoms. The monoisotopic (exact) mass is 418 g/mol. The Morgan fingerprint density at radius 1 is 0.469 bits per heavy atom. The second-order valence-corrected chi connectivity index (χ2v) is 8.62. The van der Waals surface area contributed by atoms with E-state index in [1.165, 1.54) is 45.3 Å². The molecule has 0 bridgehead atoms. The van der Waals surface area contributed by atoms with Gasteiger partial charge in [-0.2, -0.15) is 0 Å². The molecule has 0 radical (unpaired) electrons. The van der Waals surface area contributed by atoms with Gasteiger partial charge in [0, 0.05) is 25.5 Å². The fourth-order valence-corrected chi connectivity index (χ4v) is 4.90. The van der Waals surface area contributed by atoms with E-state index >= 15 is 0 Å². The van der Waals surface area contributed by atoms with Gasteiger partial charge in [-0.25, -0.2) is 0 Å². The summed E-state index contributed by atoms with van der Waals surface area (Å²) in [6.45, 7) is 1.68. The second-order valence-electron chi connectivity index (χ2n) is 8.62. The number of nitrogens with zero attached hydrogens (tertiary/aromatic N) is 4.